The van der Waals surface area contributed by atoms with Crippen molar-refractivity contribution >= 4 is 0 Å². The predicted octanol–water partition coefficient (Wildman–Crippen LogP) is 0.846. The number of nitrogens with two attached hydrogens (primary N) is 1. The molecule has 0 aromatic heterocycles. The number of hydrogen-bond acceptors (Lipinski definition) is 2. The van der Waals surface area contributed by atoms with Gasteiger partial charge in [0.1, 0.15) is 0 Å². The fourth-order valence-corrected chi connectivity index (χ4v) is 1.12. The number of allylic oxidation sites excluding steroid dienone is 2. The van der Waals surface area contributed by atoms with Crippen molar-refractivity contribution in [1.82, 2.24) is 0 Å². The Morgan fingerprint density at radius 1 is 1.70 bits per heavy atom. The van der Waals surface area contributed by atoms with Gasteiger partial charge >= 0.3 is 0 Å². The highest BCUT2D eigenvalue weighted by Gasteiger charge is 2.11. The van der Waals surface area contributed by atoms with Gasteiger partial charge in [0.15, 0.2) is 0 Å². The molecular weight excluding hydrogens is 126 g/mol. The molecule has 0 spiro atoms. The Balaban J connectivity index is 2.45. The Hall–Kier alpha value is -0.600. The number of hydrogen-bond donors (Lipinski definition) is 1. The van der Waals surface area contributed by atoms with E-state index in [0.29, 0.717) is 6.54 Å². The van der Waals surface area contributed by atoms with Crippen molar-refractivity contribution in [3.05, 3.63) is 23.8 Å². The van der Waals surface area contributed by atoms with Crippen molar-refractivity contribution < 1.29 is 4.74 Å². The molecule has 0 aromatic rings. The summed E-state index contributed by atoms with van der Waals surface area (Å²) in [5.74, 6) is 0. The van der Waals surface area contributed by atoms with Crippen LogP contribution in [-0.4, -0.2) is 19.8 Å². The molecule has 2 heteroatoms. The summed E-state index contributed by atoms with van der Waals surface area (Å²) in [5.41, 5.74) is 6.68. The van der Waals surface area contributed by atoms with Gasteiger partial charge < -0.3 is 10.5 Å². The van der Waals surface area contributed by atoms with E-state index in [-0.39, 0.29) is 6.10 Å². The highest BCUT2D eigenvalue weighted by Crippen LogP contribution is 2.16. The van der Waals surface area contributed by atoms with Crippen LogP contribution in [0.25, 0.3) is 0 Å². The summed E-state index contributed by atoms with van der Waals surface area (Å²) in [4.78, 5) is 0. The lowest BCUT2D eigenvalue weighted by Crippen LogP contribution is -2.11. The molecule has 10 heavy (non-hydrogen) atoms. The molecular formula is C8H13NO. The van der Waals surface area contributed by atoms with E-state index < -0.39 is 0 Å². The largest absolute Gasteiger partial charge is 0.373 e. The first-order valence-corrected chi connectivity index (χ1v) is 3.48. The molecule has 1 aliphatic carbocycles. The zero-order chi connectivity index (χ0) is 7.40. The average molecular weight is 139 g/mol. The van der Waals surface area contributed by atoms with Crippen LogP contribution < -0.4 is 5.73 Å². The molecule has 0 saturated carbocycles. The van der Waals surface area contributed by atoms with Gasteiger partial charge in [0, 0.05) is 7.11 Å². The van der Waals surface area contributed by atoms with Crippen LogP contribution in [0.5, 0.6) is 0 Å². The summed E-state index contributed by atoms with van der Waals surface area (Å²) in [6, 6.07) is 0. The molecule has 2 nitrogen and oxygen atoms in total. The number of methoxy groups -OCH3 is 1. The van der Waals surface area contributed by atoms with Crippen molar-refractivity contribution in [3.8, 4) is 0 Å². The van der Waals surface area contributed by atoms with Crippen LogP contribution in [0, 0.1) is 0 Å². The molecule has 2 N–H and O–H groups in total. The Morgan fingerprint density at radius 2 is 2.50 bits per heavy atom. The molecule has 1 unspecified atom stereocenters. The Labute approximate surface area is 61.4 Å². The third kappa shape index (κ3) is 1.46. The maximum Gasteiger partial charge on any atom is 0.0969 e. The second-order valence-corrected chi connectivity index (χ2v) is 2.32. The van der Waals surface area contributed by atoms with Gasteiger partial charge in [-0.1, -0.05) is 18.2 Å². The predicted molar refractivity (Wildman–Crippen MR) is 41.7 cm³/mol. The van der Waals surface area contributed by atoms with Gasteiger partial charge in [-0.05, 0) is 18.5 Å². The second kappa shape index (κ2) is 3.54. The zero-order valence-electron chi connectivity index (χ0n) is 6.21. The van der Waals surface area contributed by atoms with E-state index in [1.807, 2.05) is 12.2 Å². The Bertz CT molecular complexity index is 161. The number of ether oxygens (including phenoxy) is 1. The molecule has 0 heterocycles. The van der Waals surface area contributed by atoms with Gasteiger partial charge in [0.2, 0.25) is 0 Å². The fourth-order valence-electron chi connectivity index (χ4n) is 1.12. The van der Waals surface area contributed by atoms with Crippen LogP contribution in [0.3, 0.4) is 0 Å². The van der Waals surface area contributed by atoms with E-state index in [9.17, 15) is 0 Å². The Kier molecular flexibility index (Phi) is 2.66. The van der Waals surface area contributed by atoms with Crippen LogP contribution in [0.1, 0.15) is 6.42 Å². The molecule has 0 aliphatic heterocycles. The van der Waals surface area contributed by atoms with E-state index in [1.165, 1.54) is 5.57 Å². The van der Waals surface area contributed by atoms with Gasteiger partial charge in [-0.2, -0.15) is 0 Å². The van der Waals surface area contributed by atoms with E-state index in [4.69, 9.17) is 10.5 Å². The van der Waals surface area contributed by atoms with Crippen molar-refractivity contribution in [2.24, 2.45) is 5.73 Å². The van der Waals surface area contributed by atoms with Crippen LogP contribution in [0.15, 0.2) is 23.8 Å². The first-order chi connectivity index (χ1) is 4.88. The van der Waals surface area contributed by atoms with Crippen molar-refractivity contribution in [2.45, 2.75) is 12.5 Å². The molecule has 0 saturated heterocycles. The maximum absolute atomic E-state index is 5.40. The van der Waals surface area contributed by atoms with Gasteiger partial charge in [0.05, 0.1) is 6.10 Å². The average Bonchev–Trinajstić information content (AvgIpc) is 2.36. The lowest BCUT2D eigenvalue weighted by atomic mass is 10.1. The summed E-state index contributed by atoms with van der Waals surface area (Å²) in [6.45, 7) is 0.702. The maximum atomic E-state index is 5.40. The number of rotatable bonds is 3. The van der Waals surface area contributed by atoms with Gasteiger partial charge in [-0.25, -0.2) is 0 Å². The monoisotopic (exact) mass is 139 g/mol. The smallest absolute Gasteiger partial charge is 0.0969 e. The van der Waals surface area contributed by atoms with Gasteiger partial charge in [-0.3, -0.25) is 0 Å². The van der Waals surface area contributed by atoms with Gasteiger partial charge in [-0.15, -0.1) is 0 Å². The van der Waals surface area contributed by atoms with E-state index >= 15 is 0 Å². The SMILES string of the molecule is COC1C=CC=C1CCN. The van der Waals surface area contributed by atoms with Gasteiger partial charge in [0.25, 0.3) is 0 Å². The summed E-state index contributed by atoms with van der Waals surface area (Å²) < 4.78 is 5.17. The van der Waals surface area contributed by atoms with Crippen molar-refractivity contribution in [3.63, 3.8) is 0 Å². The third-order valence-electron chi connectivity index (χ3n) is 1.65. The van der Waals surface area contributed by atoms with Crippen molar-refractivity contribution in [1.29, 1.82) is 0 Å². The molecule has 0 aromatic carbocycles. The fraction of sp³-hybridized carbons (Fsp3) is 0.500. The summed E-state index contributed by atoms with van der Waals surface area (Å²) in [6.07, 6.45) is 7.24. The first-order valence-electron chi connectivity index (χ1n) is 3.48. The van der Waals surface area contributed by atoms with E-state index in [1.54, 1.807) is 7.11 Å². The molecule has 1 atom stereocenters. The minimum Gasteiger partial charge on any atom is -0.373 e. The van der Waals surface area contributed by atoms with Crippen LogP contribution >= 0.6 is 0 Å². The highest BCUT2D eigenvalue weighted by atomic mass is 16.5. The standard InChI is InChI=1S/C8H13NO/c1-10-8-4-2-3-7(8)5-6-9/h2-4,8H,5-6,9H2,1H3. The normalized spacial score (nSPS) is 23.4. The topological polar surface area (TPSA) is 35.2 Å². The quantitative estimate of drug-likeness (QED) is 0.629. The lowest BCUT2D eigenvalue weighted by molar-refractivity contribution is 0.168. The molecule has 1 aliphatic rings. The minimum absolute atomic E-state index is 0.184. The Morgan fingerprint density at radius 3 is 3.10 bits per heavy atom. The molecule has 56 valence electrons. The van der Waals surface area contributed by atoms with E-state index in [2.05, 4.69) is 6.08 Å². The van der Waals surface area contributed by atoms with Crippen LogP contribution in [-0.2, 0) is 4.74 Å². The first kappa shape index (κ1) is 7.51. The third-order valence-corrected chi connectivity index (χ3v) is 1.65. The minimum atomic E-state index is 0.184. The molecule has 0 bridgehead atoms. The van der Waals surface area contributed by atoms with Crippen LogP contribution in [0.4, 0.5) is 0 Å². The van der Waals surface area contributed by atoms with Crippen LogP contribution in [0.2, 0.25) is 0 Å². The zero-order valence-corrected chi connectivity index (χ0v) is 6.21. The molecule has 1 rings (SSSR count). The summed E-state index contributed by atoms with van der Waals surface area (Å²) >= 11 is 0. The summed E-state index contributed by atoms with van der Waals surface area (Å²) in [7, 11) is 1.71. The summed E-state index contributed by atoms with van der Waals surface area (Å²) in [5, 5.41) is 0. The second-order valence-electron chi connectivity index (χ2n) is 2.32. The van der Waals surface area contributed by atoms with Crippen molar-refractivity contribution in [2.75, 3.05) is 13.7 Å². The molecule has 0 amide bonds. The lowest BCUT2D eigenvalue weighted by Gasteiger charge is -2.09. The molecule has 0 radical (unpaired) electrons. The highest BCUT2D eigenvalue weighted by molar-refractivity contribution is 5.29. The van der Waals surface area contributed by atoms with E-state index in [0.717, 1.165) is 6.42 Å². The molecule has 0 fully saturated rings.